The molecular formula is C16H18FN3O4S. The van der Waals surface area contributed by atoms with Gasteiger partial charge in [0.25, 0.3) is 5.91 Å². The summed E-state index contributed by atoms with van der Waals surface area (Å²) < 4.78 is 36.3. The molecule has 0 bridgehead atoms. The Hall–Kier alpha value is -2.29. The summed E-state index contributed by atoms with van der Waals surface area (Å²) in [7, 11) is -3.16. The molecule has 1 saturated heterocycles. The Morgan fingerprint density at radius 2 is 2.16 bits per heavy atom. The second-order valence-corrected chi connectivity index (χ2v) is 8.38. The Balaban J connectivity index is 1.67. The Kier molecular flexibility index (Phi) is 4.85. The molecule has 134 valence electrons. The van der Waals surface area contributed by atoms with Crippen molar-refractivity contribution in [2.24, 2.45) is 5.10 Å². The van der Waals surface area contributed by atoms with Gasteiger partial charge < -0.3 is 5.32 Å². The van der Waals surface area contributed by atoms with E-state index in [1.807, 2.05) is 0 Å². The van der Waals surface area contributed by atoms with Crippen LogP contribution < -0.4 is 5.32 Å². The monoisotopic (exact) mass is 367 g/mol. The van der Waals surface area contributed by atoms with E-state index in [0.29, 0.717) is 12.0 Å². The molecule has 3 rings (SSSR count). The van der Waals surface area contributed by atoms with Crippen LogP contribution in [0, 0.1) is 5.82 Å². The fraction of sp³-hybridized carbons (Fsp3) is 0.438. The molecule has 1 fully saturated rings. The molecule has 2 aliphatic heterocycles. The van der Waals surface area contributed by atoms with E-state index < -0.39 is 21.8 Å². The minimum absolute atomic E-state index is 0.0259. The highest BCUT2D eigenvalue weighted by atomic mass is 32.2. The van der Waals surface area contributed by atoms with Gasteiger partial charge in [-0.15, -0.1) is 0 Å². The fourth-order valence-corrected chi connectivity index (χ4v) is 4.61. The summed E-state index contributed by atoms with van der Waals surface area (Å²) in [6.07, 6.45) is 0.641. The first-order valence-corrected chi connectivity index (χ1v) is 9.79. The standard InChI is InChI=1S/C16H18FN3O4S/c17-12-3-1-2-11(8-12)9-18-16(22)14-4-5-15(21)20(19-14)13-6-7-25(23,24)10-13/h1-3,8,13H,4-7,9-10H2,(H,18,22). The average Bonchev–Trinajstić information content (AvgIpc) is 2.93. The van der Waals surface area contributed by atoms with Crippen LogP contribution in [0.4, 0.5) is 4.39 Å². The lowest BCUT2D eigenvalue weighted by Crippen LogP contribution is -2.43. The highest BCUT2D eigenvalue weighted by Crippen LogP contribution is 2.22. The van der Waals surface area contributed by atoms with Crippen molar-refractivity contribution in [1.29, 1.82) is 0 Å². The topological polar surface area (TPSA) is 95.9 Å². The molecule has 7 nitrogen and oxygen atoms in total. The summed E-state index contributed by atoms with van der Waals surface area (Å²) in [5.74, 6) is -1.20. The number of nitrogens with one attached hydrogen (secondary N) is 1. The third-order valence-corrected chi connectivity index (χ3v) is 5.97. The number of hydrogen-bond donors (Lipinski definition) is 1. The van der Waals surface area contributed by atoms with E-state index in [4.69, 9.17) is 0 Å². The Morgan fingerprint density at radius 3 is 2.84 bits per heavy atom. The van der Waals surface area contributed by atoms with Crippen molar-refractivity contribution in [3.05, 3.63) is 35.6 Å². The van der Waals surface area contributed by atoms with Crippen molar-refractivity contribution in [3.8, 4) is 0 Å². The van der Waals surface area contributed by atoms with Gasteiger partial charge in [-0.05, 0) is 24.1 Å². The van der Waals surface area contributed by atoms with Crippen LogP contribution in [-0.4, -0.2) is 48.5 Å². The van der Waals surface area contributed by atoms with Crippen LogP contribution in [0.25, 0.3) is 0 Å². The Bertz CT molecular complexity index is 838. The number of amides is 2. The molecule has 0 spiro atoms. The third kappa shape index (κ3) is 4.22. The normalized spacial score (nSPS) is 22.6. The molecule has 1 aromatic rings. The summed E-state index contributed by atoms with van der Waals surface area (Å²) in [6, 6.07) is 5.36. The van der Waals surface area contributed by atoms with Gasteiger partial charge in [-0.3, -0.25) is 9.59 Å². The van der Waals surface area contributed by atoms with E-state index in [2.05, 4.69) is 10.4 Å². The molecule has 0 aromatic heterocycles. The van der Waals surface area contributed by atoms with Gasteiger partial charge in [-0.25, -0.2) is 17.8 Å². The second-order valence-electron chi connectivity index (χ2n) is 6.15. The quantitative estimate of drug-likeness (QED) is 0.843. The molecule has 1 N–H and O–H groups in total. The van der Waals surface area contributed by atoms with Crippen LogP contribution in [0.3, 0.4) is 0 Å². The number of halogens is 1. The van der Waals surface area contributed by atoms with Gasteiger partial charge in [0.2, 0.25) is 5.91 Å². The minimum Gasteiger partial charge on any atom is -0.347 e. The predicted molar refractivity (Wildman–Crippen MR) is 88.8 cm³/mol. The zero-order valence-corrected chi connectivity index (χ0v) is 14.3. The summed E-state index contributed by atoms with van der Waals surface area (Å²) in [5.41, 5.74) is 0.792. The van der Waals surface area contributed by atoms with E-state index in [1.54, 1.807) is 12.1 Å². The van der Waals surface area contributed by atoms with Gasteiger partial charge >= 0.3 is 0 Å². The molecule has 1 aromatic carbocycles. The SMILES string of the molecule is O=C(NCc1cccc(F)c1)C1=NN(C2CCS(=O)(=O)C2)C(=O)CC1. The van der Waals surface area contributed by atoms with Crippen molar-refractivity contribution in [3.63, 3.8) is 0 Å². The lowest BCUT2D eigenvalue weighted by Gasteiger charge is -2.27. The van der Waals surface area contributed by atoms with Crippen LogP contribution in [0.2, 0.25) is 0 Å². The molecular weight excluding hydrogens is 349 g/mol. The van der Waals surface area contributed by atoms with Gasteiger partial charge in [0, 0.05) is 19.4 Å². The van der Waals surface area contributed by atoms with Crippen LogP contribution in [0.1, 0.15) is 24.8 Å². The van der Waals surface area contributed by atoms with E-state index in [0.717, 1.165) is 5.01 Å². The molecule has 1 atom stereocenters. The largest absolute Gasteiger partial charge is 0.347 e. The molecule has 2 amide bonds. The van der Waals surface area contributed by atoms with Crippen LogP contribution in [0.5, 0.6) is 0 Å². The third-order valence-electron chi connectivity index (χ3n) is 4.22. The Labute approximate surface area is 144 Å². The van der Waals surface area contributed by atoms with E-state index in [9.17, 15) is 22.4 Å². The number of carbonyl (C=O) groups excluding carboxylic acids is 2. The molecule has 2 aliphatic rings. The smallest absolute Gasteiger partial charge is 0.267 e. The van der Waals surface area contributed by atoms with Crippen molar-refractivity contribution in [2.75, 3.05) is 11.5 Å². The number of nitrogens with zero attached hydrogens (tertiary/aromatic N) is 2. The molecule has 2 heterocycles. The maximum atomic E-state index is 13.1. The first-order valence-electron chi connectivity index (χ1n) is 7.97. The molecule has 1 unspecified atom stereocenters. The first kappa shape index (κ1) is 17.5. The number of sulfone groups is 1. The van der Waals surface area contributed by atoms with Gasteiger partial charge in [0.05, 0.1) is 17.5 Å². The summed E-state index contributed by atoms with van der Waals surface area (Å²) in [4.78, 5) is 24.3. The van der Waals surface area contributed by atoms with Crippen molar-refractivity contribution in [2.45, 2.75) is 31.8 Å². The maximum Gasteiger partial charge on any atom is 0.267 e. The summed E-state index contributed by atoms with van der Waals surface area (Å²) in [5, 5.41) is 7.88. The number of hydrogen-bond acceptors (Lipinski definition) is 5. The second kappa shape index (κ2) is 6.91. The number of rotatable bonds is 4. The predicted octanol–water partition coefficient (Wildman–Crippen LogP) is 0.607. The maximum absolute atomic E-state index is 13.1. The Morgan fingerprint density at radius 1 is 1.36 bits per heavy atom. The highest BCUT2D eigenvalue weighted by Gasteiger charge is 2.37. The fourth-order valence-electron chi connectivity index (χ4n) is 2.92. The van der Waals surface area contributed by atoms with E-state index in [1.165, 1.54) is 12.1 Å². The van der Waals surface area contributed by atoms with Crippen LogP contribution >= 0.6 is 0 Å². The van der Waals surface area contributed by atoms with Crippen LogP contribution in [-0.2, 0) is 26.0 Å². The van der Waals surface area contributed by atoms with Crippen LogP contribution in [0.15, 0.2) is 29.4 Å². The molecule has 9 heteroatoms. The molecule has 0 radical (unpaired) electrons. The molecule has 0 aliphatic carbocycles. The van der Waals surface area contributed by atoms with Gasteiger partial charge in [-0.2, -0.15) is 5.10 Å². The van der Waals surface area contributed by atoms with Crippen molar-refractivity contribution >= 4 is 27.4 Å². The molecule has 0 saturated carbocycles. The number of benzene rings is 1. The summed E-state index contributed by atoms with van der Waals surface area (Å²) >= 11 is 0. The van der Waals surface area contributed by atoms with Crippen molar-refractivity contribution in [1.82, 2.24) is 10.3 Å². The number of carbonyl (C=O) groups is 2. The van der Waals surface area contributed by atoms with Gasteiger partial charge in [-0.1, -0.05) is 12.1 Å². The van der Waals surface area contributed by atoms with E-state index in [-0.39, 0.29) is 48.3 Å². The van der Waals surface area contributed by atoms with E-state index >= 15 is 0 Å². The average molecular weight is 367 g/mol. The van der Waals surface area contributed by atoms with Crippen molar-refractivity contribution < 1.29 is 22.4 Å². The zero-order valence-electron chi connectivity index (χ0n) is 13.4. The van der Waals surface area contributed by atoms with Gasteiger partial charge in [0.1, 0.15) is 11.5 Å². The lowest BCUT2D eigenvalue weighted by atomic mass is 10.1. The first-order chi connectivity index (χ1) is 11.8. The number of hydrazone groups is 1. The molecule has 25 heavy (non-hydrogen) atoms. The lowest BCUT2D eigenvalue weighted by molar-refractivity contribution is -0.133. The summed E-state index contributed by atoms with van der Waals surface area (Å²) in [6.45, 7) is 0.140. The zero-order chi connectivity index (χ0) is 18.0. The highest BCUT2D eigenvalue weighted by molar-refractivity contribution is 7.91. The van der Waals surface area contributed by atoms with Gasteiger partial charge in [0.15, 0.2) is 9.84 Å². The minimum atomic E-state index is -3.16.